The van der Waals surface area contributed by atoms with Gasteiger partial charge in [0.05, 0.1) is 13.2 Å². The standard InChI is InChI=1S/C20H30FNO5Si/c1-19(2,3)28(4,5)27-14-20(21)11-16(22(13-20)18(24)25)17(23)26-12-15-9-7-6-8-10-15/h6-10,16H,11-14H2,1-5H3,(H,24,25)/t16-,20+/m0/s1. The summed E-state index contributed by atoms with van der Waals surface area (Å²) in [7, 11) is -2.20. The zero-order valence-corrected chi connectivity index (χ0v) is 18.2. The molecule has 0 spiro atoms. The number of halogens is 1. The van der Waals surface area contributed by atoms with Crippen LogP contribution in [0.4, 0.5) is 9.18 Å². The number of amides is 1. The van der Waals surface area contributed by atoms with E-state index in [2.05, 4.69) is 0 Å². The van der Waals surface area contributed by atoms with Gasteiger partial charge in [-0.15, -0.1) is 0 Å². The lowest BCUT2D eigenvalue weighted by Crippen LogP contribution is -2.46. The third kappa shape index (κ3) is 5.32. The molecule has 1 aliphatic rings. The quantitative estimate of drug-likeness (QED) is 0.560. The lowest BCUT2D eigenvalue weighted by molar-refractivity contribution is -0.149. The Morgan fingerprint density at radius 1 is 1.29 bits per heavy atom. The summed E-state index contributed by atoms with van der Waals surface area (Å²) < 4.78 is 26.6. The van der Waals surface area contributed by atoms with Crippen LogP contribution >= 0.6 is 0 Å². The number of benzene rings is 1. The second-order valence-electron chi connectivity index (χ2n) is 8.92. The van der Waals surface area contributed by atoms with Crippen LogP contribution < -0.4 is 0 Å². The summed E-state index contributed by atoms with van der Waals surface area (Å²) in [6.45, 7) is 9.54. The van der Waals surface area contributed by atoms with Crippen LogP contribution in [0.15, 0.2) is 30.3 Å². The molecule has 1 aromatic carbocycles. The minimum absolute atomic E-state index is 0.0172. The highest BCUT2D eigenvalue weighted by molar-refractivity contribution is 6.74. The molecular weight excluding hydrogens is 381 g/mol. The summed E-state index contributed by atoms with van der Waals surface area (Å²) in [6, 6.07) is 7.88. The van der Waals surface area contributed by atoms with Crippen molar-refractivity contribution in [2.24, 2.45) is 0 Å². The third-order valence-electron chi connectivity index (χ3n) is 5.63. The topological polar surface area (TPSA) is 76.1 Å². The molecule has 6 nitrogen and oxygen atoms in total. The number of carboxylic acid groups (broad SMARTS) is 1. The van der Waals surface area contributed by atoms with Crippen molar-refractivity contribution in [2.45, 2.75) is 63.6 Å². The molecule has 1 amide bonds. The van der Waals surface area contributed by atoms with E-state index in [-0.39, 0.29) is 24.7 Å². The Bertz CT molecular complexity index is 706. The average molecular weight is 412 g/mol. The maximum Gasteiger partial charge on any atom is 0.408 e. The van der Waals surface area contributed by atoms with Gasteiger partial charge in [0.1, 0.15) is 12.6 Å². The maximum absolute atomic E-state index is 15.4. The smallest absolute Gasteiger partial charge is 0.408 e. The van der Waals surface area contributed by atoms with Gasteiger partial charge >= 0.3 is 12.1 Å². The molecule has 1 aromatic rings. The fourth-order valence-corrected chi connectivity index (χ4v) is 3.86. The van der Waals surface area contributed by atoms with Crippen molar-refractivity contribution < 1.29 is 28.2 Å². The number of esters is 1. The summed E-state index contributed by atoms with van der Waals surface area (Å²) in [5.41, 5.74) is -1.13. The van der Waals surface area contributed by atoms with E-state index in [0.717, 1.165) is 10.5 Å². The number of ether oxygens (including phenoxy) is 1. The van der Waals surface area contributed by atoms with Gasteiger partial charge in [0.2, 0.25) is 0 Å². The summed E-state index contributed by atoms with van der Waals surface area (Å²) in [5, 5.41) is 9.33. The second-order valence-corrected chi connectivity index (χ2v) is 13.7. The molecular formula is C20H30FNO5Si. The molecule has 1 aliphatic heterocycles. The Morgan fingerprint density at radius 2 is 1.89 bits per heavy atom. The number of nitrogens with zero attached hydrogens (tertiary/aromatic N) is 1. The lowest BCUT2D eigenvalue weighted by Gasteiger charge is -2.37. The monoisotopic (exact) mass is 411 g/mol. The van der Waals surface area contributed by atoms with Crippen molar-refractivity contribution in [2.75, 3.05) is 13.2 Å². The van der Waals surface area contributed by atoms with E-state index in [1.165, 1.54) is 0 Å². The van der Waals surface area contributed by atoms with E-state index < -0.39 is 38.6 Å². The van der Waals surface area contributed by atoms with Crippen LogP contribution in [0.1, 0.15) is 32.8 Å². The summed E-state index contributed by atoms with van der Waals surface area (Å²) in [4.78, 5) is 24.8. The average Bonchev–Trinajstić information content (AvgIpc) is 2.97. The van der Waals surface area contributed by atoms with Gasteiger partial charge in [0.25, 0.3) is 0 Å². The van der Waals surface area contributed by atoms with E-state index >= 15 is 4.39 Å². The molecule has 156 valence electrons. The van der Waals surface area contributed by atoms with E-state index in [9.17, 15) is 14.7 Å². The first kappa shape index (κ1) is 22.4. The highest BCUT2D eigenvalue weighted by Gasteiger charge is 2.52. The van der Waals surface area contributed by atoms with Crippen LogP contribution in [-0.2, 0) is 20.6 Å². The SMILES string of the molecule is CC(C)(C)[Si](C)(C)OC[C@@]1(F)C[C@@H](C(=O)OCc2ccccc2)N(C(=O)O)C1. The molecule has 1 fully saturated rings. The predicted octanol–water partition coefficient (Wildman–Crippen LogP) is 4.21. The highest BCUT2D eigenvalue weighted by atomic mass is 28.4. The molecule has 0 aliphatic carbocycles. The van der Waals surface area contributed by atoms with Gasteiger partial charge in [0, 0.05) is 6.42 Å². The summed E-state index contributed by atoms with van der Waals surface area (Å²) in [6.07, 6.45) is -1.60. The lowest BCUT2D eigenvalue weighted by atomic mass is 10.0. The molecule has 1 heterocycles. The van der Waals surface area contributed by atoms with Gasteiger partial charge in [-0.3, -0.25) is 4.90 Å². The van der Waals surface area contributed by atoms with Gasteiger partial charge < -0.3 is 14.3 Å². The fraction of sp³-hybridized carbons (Fsp3) is 0.600. The van der Waals surface area contributed by atoms with Gasteiger partial charge in [-0.05, 0) is 23.7 Å². The largest absolute Gasteiger partial charge is 0.465 e. The normalized spacial score (nSPS) is 22.9. The van der Waals surface area contributed by atoms with Crippen molar-refractivity contribution >= 4 is 20.4 Å². The number of hydrogen-bond acceptors (Lipinski definition) is 4. The Labute approximate surface area is 166 Å². The molecule has 0 radical (unpaired) electrons. The van der Waals surface area contributed by atoms with Crippen LogP contribution in [0.3, 0.4) is 0 Å². The third-order valence-corrected chi connectivity index (χ3v) is 10.1. The molecule has 0 bridgehead atoms. The Morgan fingerprint density at radius 3 is 2.43 bits per heavy atom. The molecule has 1 N–H and O–H groups in total. The molecule has 1 saturated heterocycles. The molecule has 0 unspecified atom stereocenters. The van der Waals surface area contributed by atoms with Crippen molar-refractivity contribution in [3.8, 4) is 0 Å². The number of hydrogen-bond donors (Lipinski definition) is 1. The van der Waals surface area contributed by atoms with Crippen molar-refractivity contribution in [1.82, 2.24) is 4.90 Å². The van der Waals surface area contributed by atoms with Crippen LogP contribution in [0.2, 0.25) is 18.1 Å². The number of likely N-dealkylation sites (tertiary alicyclic amines) is 1. The zero-order chi connectivity index (χ0) is 21.2. The Hall–Kier alpha value is -1.93. The summed E-state index contributed by atoms with van der Waals surface area (Å²) in [5.74, 6) is -0.738. The first-order valence-corrected chi connectivity index (χ1v) is 12.3. The van der Waals surface area contributed by atoms with Crippen molar-refractivity contribution in [3.63, 3.8) is 0 Å². The molecule has 28 heavy (non-hydrogen) atoms. The van der Waals surface area contributed by atoms with E-state index in [4.69, 9.17) is 9.16 Å². The van der Waals surface area contributed by atoms with Gasteiger partial charge in [-0.25, -0.2) is 14.0 Å². The Kier molecular flexibility index (Phi) is 6.55. The number of carbonyl (C=O) groups is 2. The molecule has 2 atom stereocenters. The molecule has 2 rings (SSSR count). The van der Waals surface area contributed by atoms with Crippen molar-refractivity contribution in [1.29, 1.82) is 0 Å². The Balaban J connectivity index is 2.04. The second kappa shape index (κ2) is 8.20. The maximum atomic E-state index is 15.4. The van der Waals surface area contributed by atoms with E-state index in [0.29, 0.717) is 0 Å². The number of alkyl halides is 1. The van der Waals surface area contributed by atoms with E-state index in [1.54, 1.807) is 12.1 Å². The minimum Gasteiger partial charge on any atom is -0.465 e. The highest BCUT2D eigenvalue weighted by Crippen LogP contribution is 2.39. The summed E-state index contributed by atoms with van der Waals surface area (Å²) >= 11 is 0. The van der Waals surface area contributed by atoms with Crippen LogP contribution in [0, 0.1) is 0 Å². The van der Waals surface area contributed by atoms with Crippen LogP contribution in [-0.4, -0.2) is 55.2 Å². The number of rotatable bonds is 6. The number of carbonyl (C=O) groups excluding carboxylic acids is 1. The first-order chi connectivity index (χ1) is 12.8. The molecule has 0 aromatic heterocycles. The van der Waals surface area contributed by atoms with Crippen LogP contribution in [0.5, 0.6) is 0 Å². The van der Waals surface area contributed by atoms with Gasteiger partial charge in [-0.2, -0.15) is 0 Å². The van der Waals surface area contributed by atoms with Crippen LogP contribution in [0.25, 0.3) is 0 Å². The first-order valence-electron chi connectivity index (χ1n) is 9.38. The predicted molar refractivity (Wildman–Crippen MR) is 106 cm³/mol. The molecule has 8 heteroatoms. The molecule has 0 saturated carbocycles. The van der Waals surface area contributed by atoms with Gasteiger partial charge in [-0.1, -0.05) is 51.1 Å². The van der Waals surface area contributed by atoms with E-state index in [1.807, 2.05) is 52.1 Å². The van der Waals surface area contributed by atoms with Crippen molar-refractivity contribution in [3.05, 3.63) is 35.9 Å². The minimum atomic E-state index is -2.20. The fourth-order valence-electron chi connectivity index (χ4n) is 2.80. The zero-order valence-electron chi connectivity index (χ0n) is 17.2. The van der Waals surface area contributed by atoms with Gasteiger partial charge in [0.15, 0.2) is 14.0 Å².